The van der Waals surface area contributed by atoms with Gasteiger partial charge in [-0.05, 0) is 50.7 Å². The van der Waals surface area contributed by atoms with Crippen molar-refractivity contribution in [2.45, 2.75) is 39.2 Å². The molecule has 0 bridgehead atoms. The Bertz CT molecular complexity index is 358. The number of nitrogens with two attached hydrogens (primary N) is 1. The summed E-state index contributed by atoms with van der Waals surface area (Å²) in [6.07, 6.45) is 3.81. The van der Waals surface area contributed by atoms with Gasteiger partial charge in [-0.3, -0.25) is 0 Å². The number of aryl methyl sites for hydroxylation is 1. The third-order valence-electron chi connectivity index (χ3n) is 3.80. The summed E-state index contributed by atoms with van der Waals surface area (Å²) in [7, 11) is 0. The maximum Gasteiger partial charge on any atom is 0.0395 e. The minimum absolute atomic E-state index is 0.410. The van der Waals surface area contributed by atoms with Crippen LogP contribution in [0.4, 0.5) is 5.69 Å². The molecule has 0 saturated heterocycles. The van der Waals surface area contributed by atoms with E-state index in [4.69, 9.17) is 5.73 Å². The first kappa shape index (κ1) is 12.4. The lowest BCUT2D eigenvalue weighted by Gasteiger charge is -2.26. The van der Waals surface area contributed by atoms with Gasteiger partial charge in [0.05, 0.1) is 0 Å². The standard InChI is InChI=1S/C15H24N2/c1-3-17(11-10-14(16)13-8-9-13)15-7-5-4-6-12(15)2/h4-7,13-14H,3,8-11,16H2,1-2H3. The highest BCUT2D eigenvalue weighted by molar-refractivity contribution is 5.52. The maximum absolute atomic E-state index is 6.17. The third kappa shape index (κ3) is 3.22. The summed E-state index contributed by atoms with van der Waals surface area (Å²) in [6, 6.07) is 9.02. The summed E-state index contributed by atoms with van der Waals surface area (Å²) in [5.41, 5.74) is 8.89. The van der Waals surface area contributed by atoms with E-state index in [-0.39, 0.29) is 0 Å². The molecule has 0 heterocycles. The van der Waals surface area contributed by atoms with Gasteiger partial charge in [-0.1, -0.05) is 18.2 Å². The molecule has 94 valence electrons. The highest BCUT2D eigenvalue weighted by Gasteiger charge is 2.28. The van der Waals surface area contributed by atoms with Crippen LogP contribution >= 0.6 is 0 Å². The Morgan fingerprint density at radius 1 is 1.35 bits per heavy atom. The van der Waals surface area contributed by atoms with E-state index in [0.29, 0.717) is 6.04 Å². The largest absolute Gasteiger partial charge is 0.372 e. The van der Waals surface area contributed by atoms with E-state index in [1.165, 1.54) is 24.1 Å². The molecule has 2 heteroatoms. The zero-order chi connectivity index (χ0) is 12.3. The summed E-state index contributed by atoms with van der Waals surface area (Å²) in [5, 5.41) is 0. The van der Waals surface area contributed by atoms with Gasteiger partial charge in [0, 0.05) is 24.8 Å². The lowest BCUT2D eigenvalue weighted by Crippen LogP contribution is -2.32. The van der Waals surface area contributed by atoms with Crippen LogP contribution in [0.15, 0.2) is 24.3 Å². The Morgan fingerprint density at radius 3 is 2.65 bits per heavy atom. The molecule has 1 saturated carbocycles. The van der Waals surface area contributed by atoms with Crippen molar-refractivity contribution < 1.29 is 0 Å². The number of nitrogens with zero attached hydrogens (tertiary/aromatic N) is 1. The van der Waals surface area contributed by atoms with Crippen LogP contribution in [0.3, 0.4) is 0 Å². The van der Waals surface area contributed by atoms with Crippen LogP contribution in [-0.4, -0.2) is 19.1 Å². The van der Waals surface area contributed by atoms with Gasteiger partial charge in [-0.15, -0.1) is 0 Å². The summed E-state index contributed by atoms with van der Waals surface area (Å²) in [6.45, 7) is 6.54. The minimum atomic E-state index is 0.410. The molecule has 2 rings (SSSR count). The fraction of sp³-hybridized carbons (Fsp3) is 0.600. The average molecular weight is 232 g/mol. The molecule has 0 radical (unpaired) electrons. The zero-order valence-electron chi connectivity index (χ0n) is 11.0. The van der Waals surface area contributed by atoms with Gasteiger partial charge in [0.2, 0.25) is 0 Å². The van der Waals surface area contributed by atoms with Crippen molar-refractivity contribution in [3.63, 3.8) is 0 Å². The number of anilines is 1. The van der Waals surface area contributed by atoms with Crippen LogP contribution in [0.2, 0.25) is 0 Å². The molecule has 17 heavy (non-hydrogen) atoms. The lowest BCUT2D eigenvalue weighted by atomic mass is 10.1. The molecule has 0 aliphatic heterocycles. The second-order valence-electron chi connectivity index (χ2n) is 5.16. The smallest absolute Gasteiger partial charge is 0.0395 e. The molecule has 0 aromatic heterocycles. The van der Waals surface area contributed by atoms with Crippen molar-refractivity contribution in [1.82, 2.24) is 0 Å². The van der Waals surface area contributed by atoms with Crippen molar-refractivity contribution in [2.24, 2.45) is 11.7 Å². The molecule has 2 N–H and O–H groups in total. The van der Waals surface area contributed by atoms with Gasteiger partial charge in [0.15, 0.2) is 0 Å². The molecule has 2 nitrogen and oxygen atoms in total. The fourth-order valence-corrected chi connectivity index (χ4v) is 2.43. The van der Waals surface area contributed by atoms with E-state index in [1.54, 1.807) is 0 Å². The number of hydrogen-bond donors (Lipinski definition) is 1. The van der Waals surface area contributed by atoms with E-state index in [1.807, 2.05) is 0 Å². The average Bonchev–Trinajstić information content (AvgIpc) is 3.15. The Labute approximate surface area is 105 Å². The second kappa shape index (κ2) is 5.54. The topological polar surface area (TPSA) is 29.3 Å². The van der Waals surface area contributed by atoms with Crippen molar-refractivity contribution in [3.05, 3.63) is 29.8 Å². The van der Waals surface area contributed by atoms with E-state index >= 15 is 0 Å². The SMILES string of the molecule is CCN(CCC(N)C1CC1)c1ccccc1C. The van der Waals surface area contributed by atoms with Crippen molar-refractivity contribution in [1.29, 1.82) is 0 Å². The van der Waals surface area contributed by atoms with Crippen LogP contribution in [0.1, 0.15) is 31.7 Å². The summed E-state index contributed by atoms with van der Waals surface area (Å²) < 4.78 is 0. The predicted octanol–water partition coefficient (Wildman–Crippen LogP) is 2.95. The van der Waals surface area contributed by atoms with Gasteiger partial charge < -0.3 is 10.6 Å². The third-order valence-corrected chi connectivity index (χ3v) is 3.80. The molecule has 1 aromatic rings. The molecule has 1 fully saturated rings. The van der Waals surface area contributed by atoms with Gasteiger partial charge in [0.25, 0.3) is 0 Å². The molecule has 0 amide bonds. The van der Waals surface area contributed by atoms with Crippen molar-refractivity contribution in [2.75, 3.05) is 18.0 Å². The molecule has 1 aliphatic rings. The summed E-state index contributed by atoms with van der Waals surface area (Å²) in [4.78, 5) is 2.44. The highest BCUT2D eigenvalue weighted by Crippen LogP contribution is 2.33. The Hall–Kier alpha value is -1.02. The first-order valence-electron chi connectivity index (χ1n) is 6.78. The fourth-order valence-electron chi connectivity index (χ4n) is 2.43. The van der Waals surface area contributed by atoms with Crippen molar-refractivity contribution in [3.8, 4) is 0 Å². The summed E-state index contributed by atoms with van der Waals surface area (Å²) >= 11 is 0. The van der Waals surface area contributed by atoms with Gasteiger partial charge in [0.1, 0.15) is 0 Å². The van der Waals surface area contributed by atoms with Gasteiger partial charge in [-0.25, -0.2) is 0 Å². The predicted molar refractivity (Wildman–Crippen MR) is 74.4 cm³/mol. The molecular formula is C15H24N2. The number of para-hydroxylation sites is 1. The molecule has 1 atom stereocenters. The van der Waals surface area contributed by atoms with Crippen LogP contribution in [0, 0.1) is 12.8 Å². The summed E-state index contributed by atoms with van der Waals surface area (Å²) in [5.74, 6) is 0.811. The highest BCUT2D eigenvalue weighted by atomic mass is 15.1. The molecule has 1 aromatic carbocycles. The Morgan fingerprint density at radius 2 is 2.06 bits per heavy atom. The normalized spacial score (nSPS) is 16.9. The number of rotatable bonds is 6. The van der Waals surface area contributed by atoms with Gasteiger partial charge >= 0.3 is 0 Å². The van der Waals surface area contributed by atoms with Crippen LogP contribution in [0.5, 0.6) is 0 Å². The number of benzene rings is 1. The maximum atomic E-state index is 6.17. The molecule has 1 unspecified atom stereocenters. The van der Waals surface area contributed by atoms with Crippen LogP contribution in [-0.2, 0) is 0 Å². The van der Waals surface area contributed by atoms with E-state index in [2.05, 4.69) is 43.0 Å². The zero-order valence-corrected chi connectivity index (χ0v) is 11.0. The van der Waals surface area contributed by atoms with Crippen molar-refractivity contribution >= 4 is 5.69 Å². The van der Waals surface area contributed by atoms with Crippen LogP contribution in [0.25, 0.3) is 0 Å². The molecule has 1 aliphatic carbocycles. The quantitative estimate of drug-likeness (QED) is 0.817. The van der Waals surface area contributed by atoms with Gasteiger partial charge in [-0.2, -0.15) is 0 Å². The second-order valence-corrected chi connectivity index (χ2v) is 5.16. The monoisotopic (exact) mass is 232 g/mol. The first-order chi connectivity index (χ1) is 8.22. The first-order valence-corrected chi connectivity index (χ1v) is 6.78. The number of hydrogen-bond acceptors (Lipinski definition) is 2. The Kier molecular flexibility index (Phi) is 4.06. The minimum Gasteiger partial charge on any atom is -0.372 e. The molecule has 0 spiro atoms. The van der Waals surface area contributed by atoms with E-state index in [0.717, 1.165) is 25.4 Å². The lowest BCUT2D eigenvalue weighted by molar-refractivity contribution is 0.544. The van der Waals surface area contributed by atoms with E-state index in [9.17, 15) is 0 Å². The molecular weight excluding hydrogens is 208 g/mol. The Balaban J connectivity index is 1.93. The van der Waals surface area contributed by atoms with Crippen LogP contribution < -0.4 is 10.6 Å². The van der Waals surface area contributed by atoms with E-state index < -0.39 is 0 Å².